The Morgan fingerprint density at radius 3 is 2.58 bits per heavy atom. The molecule has 0 aliphatic carbocycles. The van der Waals surface area contributed by atoms with E-state index in [0.717, 1.165) is 19.4 Å². The zero-order chi connectivity index (χ0) is 13.8. The smallest absolute Gasteiger partial charge is 0.228 e. The molecule has 1 saturated heterocycles. The zero-order valence-electron chi connectivity index (χ0n) is 11.7. The molecule has 1 aromatic rings. The molecule has 1 heterocycles. The second-order valence-corrected chi connectivity index (χ2v) is 5.37. The van der Waals surface area contributed by atoms with Gasteiger partial charge in [0.25, 0.3) is 0 Å². The summed E-state index contributed by atoms with van der Waals surface area (Å²) in [5.74, 6) is 0.266. The van der Waals surface area contributed by atoms with Gasteiger partial charge < -0.3 is 10.0 Å². The summed E-state index contributed by atoms with van der Waals surface area (Å²) in [6, 6.07) is 10.6. The highest BCUT2D eigenvalue weighted by atomic mass is 16.3. The lowest BCUT2D eigenvalue weighted by molar-refractivity contribution is -0.134. The molecule has 1 N–H and O–H groups in total. The first-order chi connectivity index (χ1) is 9.19. The van der Waals surface area contributed by atoms with Gasteiger partial charge in [-0.3, -0.25) is 4.79 Å². The molecule has 1 aliphatic rings. The maximum absolute atomic E-state index is 12.2. The lowest BCUT2D eigenvalue weighted by Gasteiger charge is -2.32. The third-order valence-corrected chi connectivity index (χ3v) is 4.29. The third kappa shape index (κ3) is 2.81. The number of benzene rings is 1. The molecule has 0 spiro atoms. The van der Waals surface area contributed by atoms with Gasteiger partial charge in [-0.2, -0.15) is 0 Å². The van der Waals surface area contributed by atoms with Crippen molar-refractivity contribution < 1.29 is 9.90 Å². The van der Waals surface area contributed by atoms with Crippen LogP contribution in [0.5, 0.6) is 0 Å². The number of likely N-dealkylation sites (tertiary alicyclic amines) is 1. The van der Waals surface area contributed by atoms with E-state index in [1.54, 1.807) is 0 Å². The number of nitrogens with zero attached hydrogens (tertiary/aromatic N) is 1. The van der Waals surface area contributed by atoms with Crippen LogP contribution in [0.4, 0.5) is 0 Å². The molecule has 1 aromatic carbocycles. The van der Waals surface area contributed by atoms with Crippen molar-refractivity contribution in [2.24, 2.45) is 5.92 Å². The van der Waals surface area contributed by atoms with E-state index in [1.165, 1.54) is 5.56 Å². The summed E-state index contributed by atoms with van der Waals surface area (Å²) in [6.45, 7) is 5.07. The van der Waals surface area contributed by atoms with E-state index in [2.05, 4.69) is 26.0 Å². The molecule has 0 bridgehead atoms. The Balaban J connectivity index is 2.15. The fourth-order valence-electron chi connectivity index (χ4n) is 3.08. The van der Waals surface area contributed by atoms with E-state index in [4.69, 9.17) is 0 Å². The summed E-state index contributed by atoms with van der Waals surface area (Å²) >= 11 is 0. The van der Waals surface area contributed by atoms with Crippen molar-refractivity contribution in [1.82, 2.24) is 4.90 Å². The number of carbonyl (C=O) groups excluding carboxylic acids is 1. The fourth-order valence-corrected chi connectivity index (χ4v) is 3.08. The average Bonchev–Trinajstić information content (AvgIpc) is 2.82. The molecule has 0 radical (unpaired) electrons. The van der Waals surface area contributed by atoms with E-state index < -0.39 is 0 Å². The van der Waals surface area contributed by atoms with Gasteiger partial charge in [0.15, 0.2) is 0 Å². The van der Waals surface area contributed by atoms with Crippen molar-refractivity contribution in [1.29, 1.82) is 0 Å². The number of hydrogen-bond acceptors (Lipinski definition) is 2. The maximum Gasteiger partial charge on any atom is 0.228 e. The summed E-state index contributed by atoms with van der Waals surface area (Å²) in [7, 11) is 0. The van der Waals surface area contributed by atoms with Crippen molar-refractivity contribution in [2.45, 2.75) is 38.6 Å². The first kappa shape index (κ1) is 14.1. The van der Waals surface area contributed by atoms with Crippen molar-refractivity contribution in [2.75, 3.05) is 13.2 Å². The van der Waals surface area contributed by atoms with E-state index >= 15 is 0 Å². The Morgan fingerprint density at radius 2 is 2.05 bits per heavy atom. The molecule has 0 saturated carbocycles. The molecule has 0 unspecified atom stereocenters. The lowest BCUT2D eigenvalue weighted by Crippen LogP contribution is -2.40. The maximum atomic E-state index is 12.2. The van der Waals surface area contributed by atoms with Crippen LogP contribution in [-0.2, 0) is 4.79 Å². The van der Waals surface area contributed by atoms with Gasteiger partial charge in [-0.15, -0.1) is 0 Å². The van der Waals surface area contributed by atoms with Gasteiger partial charge in [0.1, 0.15) is 0 Å². The highest BCUT2D eigenvalue weighted by Crippen LogP contribution is 2.30. The number of aliphatic hydroxyl groups excluding tert-OH is 1. The van der Waals surface area contributed by atoms with Gasteiger partial charge in [-0.25, -0.2) is 0 Å². The topological polar surface area (TPSA) is 40.5 Å². The Morgan fingerprint density at radius 1 is 1.37 bits per heavy atom. The normalized spacial score (nSPS) is 22.6. The van der Waals surface area contributed by atoms with Crippen LogP contribution in [-0.4, -0.2) is 35.1 Å². The Labute approximate surface area is 115 Å². The average molecular weight is 261 g/mol. The fraction of sp³-hybridized carbons (Fsp3) is 0.562. The number of amides is 1. The van der Waals surface area contributed by atoms with E-state index in [-0.39, 0.29) is 24.5 Å². The Kier molecular flexibility index (Phi) is 4.59. The van der Waals surface area contributed by atoms with Gasteiger partial charge in [-0.1, -0.05) is 44.2 Å². The molecule has 104 valence electrons. The number of aliphatic hydroxyl groups is 1. The zero-order valence-corrected chi connectivity index (χ0v) is 11.7. The SMILES string of the molecule is CC[C@H]([C@H](C)c1ccccc1)N1CC[C@H](CO)C1=O. The van der Waals surface area contributed by atoms with Crippen molar-refractivity contribution in [3.63, 3.8) is 0 Å². The van der Waals surface area contributed by atoms with Crippen molar-refractivity contribution in [3.8, 4) is 0 Å². The predicted molar refractivity (Wildman–Crippen MR) is 75.8 cm³/mol. The molecule has 0 aromatic heterocycles. The minimum Gasteiger partial charge on any atom is -0.396 e. The molecule has 1 aliphatic heterocycles. The molecule has 1 fully saturated rings. The van der Waals surface area contributed by atoms with Crippen LogP contribution < -0.4 is 0 Å². The minimum atomic E-state index is -0.183. The molecule has 3 atom stereocenters. The molecular formula is C16H23NO2. The van der Waals surface area contributed by atoms with E-state index in [1.807, 2.05) is 23.1 Å². The van der Waals surface area contributed by atoms with Crippen LogP contribution in [0, 0.1) is 5.92 Å². The predicted octanol–water partition coefficient (Wildman–Crippen LogP) is 2.41. The summed E-state index contributed by atoms with van der Waals surface area (Å²) in [5, 5.41) is 9.22. The van der Waals surface area contributed by atoms with Gasteiger partial charge in [0.2, 0.25) is 5.91 Å². The summed E-state index contributed by atoms with van der Waals surface area (Å²) < 4.78 is 0. The number of rotatable bonds is 5. The molecule has 1 amide bonds. The monoisotopic (exact) mass is 261 g/mol. The van der Waals surface area contributed by atoms with Crippen LogP contribution in [0.15, 0.2) is 30.3 Å². The Hall–Kier alpha value is -1.35. The first-order valence-corrected chi connectivity index (χ1v) is 7.15. The lowest BCUT2D eigenvalue weighted by atomic mass is 9.90. The highest BCUT2D eigenvalue weighted by molar-refractivity contribution is 5.81. The van der Waals surface area contributed by atoms with Crippen molar-refractivity contribution >= 4 is 5.91 Å². The third-order valence-electron chi connectivity index (χ3n) is 4.29. The molecule has 3 nitrogen and oxygen atoms in total. The summed E-state index contributed by atoms with van der Waals surface area (Å²) in [5.41, 5.74) is 1.27. The Bertz CT molecular complexity index is 418. The summed E-state index contributed by atoms with van der Waals surface area (Å²) in [6.07, 6.45) is 1.73. The van der Waals surface area contributed by atoms with Crippen molar-refractivity contribution in [3.05, 3.63) is 35.9 Å². The number of carbonyl (C=O) groups is 1. The largest absolute Gasteiger partial charge is 0.396 e. The quantitative estimate of drug-likeness (QED) is 0.884. The highest BCUT2D eigenvalue weighted by Gasteiger charge is 2.36. The van der Waals surface area contributed by atoms with E-state index in [0.29, 0.717) is 5.92 Å². The first-order valence-electron chi connectivity index (χ1n) is 7.15. The van der Waals surface area contributed by atoms with Gasteiger partial charge in [0, 0.05) is 18.5 Å². The molecule has 2 rings (SSSR count). The second kappa shape index (κ2) is 6.20. The number of hydrogen-bond donors (Lipinski definition) is 1. The van der Waals surface area contributed by atoms with Gasteiger partial charge >= 0.3 is 0 Å². The van der Waals surface area contributed by atoms with Crippen LogP contribution in [0.1, 0.15) is 38.2 Å². The molecule has 3 heteroatoms. The molecule has 19 heavy (non-hydrogen) atoms. The van der Waals surface area contributed by atoms with E-state index in [9.17, 15) is 9.90 Å². The minimum absolute atomic E-state index is 0.0223. The second-order valence-electron chi connectivity index (χ2n) is 5.37. The van der Waals surface area contributed by atoms with Crippen LogP contribution >= 0.6 is 0 Å². The summed E-state index contributed by atoms with van der Waals surface area (Å²) in [4.78, 5) is 14.2. The van der Waals surface area contributed by atoms with Crippen LogP contribution in [0.25, 0.3) is 0 Å². The standard InChI is InChI=1S/C16H23NO2/c1-3-15(12(2)13-7-5-4-6-8-13)17-10-9-14(11-18)16(17)19/h4-8,12,14-15,18H,3,9-11H2,1-2H3/t12-,14-,15-/m1/s1. The van der Waals surface area contributed by atoms with Crippen LogP contribution in [0.2, 0.25) is 0 Å². The van der Waals surface area contributed by atoms with Crippen LogP contribution in [0.3, 0.4) is 0 Å². The molecular weight excluding hydrogens is 238 g/mol. The van der Waals surface area contributed by atoms with Gasteiger partial charge in [-0.05, 0) is 18.4 Å². The van der Waals surface area contributed by atoms with Gasteiger partial charge in [0.05, 0.1) is 12.5 Å².